The van der Waals surface area contributed by atoms with E-state index in [1.807, 2.05) is 31.2 Å². The van der Waals surface area contributed by atoms with Crippen molar-refractivity contribution in [2.75, 3.05) is 4.31 Å². The number of nitrogens with zero attached hydrogens (tertiary/aromatic N) is 2. The molecule has 2 heterocycles. The van der Waals surface area contributed by atoms with Crippen molar-refractivity contribution in [2.45, 2.75) is 19.7 Å². The van der Waals surface area contributed by atoms with Gasteiger partial charge in [0.05, 0.1) is 12.2 Å². The first-order valence-corrected chi connectivity index (χ1v) is 10.4. The Bertz CT molecular complexity index is 1140. The van der Waals surface area contributed by atoms with Gasteiger partial charge in [-0.15, -0.1) is 0 Å². The predicted molar refractivity (Wildman–Crippen MR) is 109 cm³/mol. The number of hydrogen-bond donors (Lipinski definition) is 2. The molecule has 1 atom stereocenters. The first kappa shape index (κ1) is 18.9. The lowest BCUT2D eigenvalue weighted by molar-refractivity contribution is 0.164. The number of nitrogens with one attached hydrogen (secondary N) is 1. The molecule has 3 aromatic rings. The SMILES string of the molecule is Cc1ccc(-c2ccc3c(c2)C(O)NS(=O)(=O)N3Cc2ccncc2)c(Cl)c1. The average molecular weight is 416 g/mol. The van der Waals surface area contributed by atoms with Crippen LogP contribution in [0.25, 0.3) is 11.1 Å². The number of anilines is 1. The van der Waals surface area contributed by atoms with Gasteiger partial charge < -0.3 is 5.11 Å². The lowest BCUT2D eigenvalue weighted by Crippen LogP contribution is -2.46. The Labute approximate surface area is 168 Å². The maximum absolute atomic E-state index is 12.6. The Morgan fingerprint density at radius 1 is 1.14 bits per heavy atom. The second kappa shape index (κ2) is 7.18. The van der Waals surface area contributed by atoms with Crippen LogP contribution in [0.1, 0.15) is 22.9 Å². The van der Waals surface area contributed by atoms with Crippen molar-refractivity contribution in [1.82, 2.24) is 9.71 Å². The average Bonchev–Trinajstić information content (AvgIpc) is 2.65. The largest absolute Gasteiger partial charge is 0.373 e. The van der Waals surface area contributed by atoms with Gasteiger partial charge in [-0.2, -0.15) is 13.1 Å². The zero-order valence-electron chi connectivity index (χ0n) is 15.0. The number of fused-ring (bicyclic) bond motifs is 1. The smallest absolute Gasteiger partial charge is 0.304 e. The Hall–Kier alpha value is -2.45. The van der Waals surface area contributed by atoms with E-state index in [9.17, 15) is 13.5 Å². The summed E-state index contributed by atoms with van der Waals surface area (Å²) in [4.78, 5) is 3.95. The third kappa shape index (κ3) is 3.49. The Balaban J connectivity index is 1.80. The van der Waals surface area contributed by atoms with Crippen molar-refractivity contribution < 1.29 is 13.5 Å². The van der Waals surface area contributed by atoms with Crippen molar-refractivity contribution in [3.05, 3.63) is 82.6 Å². The standard InChI is InChI=1S/C20H18ClN3O3S/c1-13-2-4-16(18(21)10-13)15-3-5-19-17(11-15)20(25)23-28(26,27)24(19)12-14-6-8-22-9-7-14/h2-11,20,23,25H,12H2,1H3. The first-order valence-electron chi connectivity index (χ1n) is 8.62. The van der Waals surface area contributed by atoms with Crippen molar-refractivity contribution in [1.29, 1.82) is 0 Å². The second-order valence-electron chi connectivity index (χ2n) is 6.64. The number of halogens is 1. The maximum atomic E-state index is 12.6. The fraction of sp³-hybridized carbons (Fsp3) is 0.150. The molecule has 1 unspecified atom stereocenters. The van der Waals surface area contributed by atoms with Crippen LogP contribution in [0.5, 0.6) is 0 Å². The van der Waals surface area contributed by atoms with Gasteiger partial charge in [0.15, 0.2) is 0 Å². The van der Waals surface area contributed by atoms with Gasteiger partial charge in [0, 0.05) is 28.5 Å². The number of aliphatic hydroxyl groups is 1. The van der Waals surface area contributed by atoms with Gasteiger partial charge in [0.25, 0.3) is 0 Å². The maximum Gasteiger partial charge on any atom is 0.304 e. The lowest BCUT2D eigenvalue weighted by Gasteiger charge is -2.34. The highest BCUT2D eigenvalue weighted by Gasteiger charge is 2.34. The van der Waals surface area contributed by atoms with Gasteiger partial charge >= 0.3 is 10.2 Å². The molecule has 0 saturated carbocycles. The molecule has 1 aliphatic rings. The molecular formula is C20H18ClN3O3S. The number of pyridine rings is 1. The van der Waals surface area contributed by atoms with Crippen molar-refractivity contribution in [3.8, 4) is 11.1 Å². The molecule has 28 heavy (non-hydrogen) atoms. The summed E-state index contributed by atoms with van der Waals surface area (Å²) in [6.07, 6.45) is 1.88. The zero-order chi connectivity index (χ0) is 19.9. The van der Waals surface area contributed by atoms with Gasteiger partial charge in [0.2, 0.25) is 0 Å². The molecule has 4 rings (SSSR count). The summed E-state index contributed by atoms with van der Waals surface area (Å²) in [5.41, 5.74) is 4.34. The van der Waals surface area contributed by atoms with Gasteiger partial charge in [-0.1, -0.05) is 29.8 Å². The third-order valence-corrected chi connectivity index (χ3v) is 6.39. The zero-order valence-corrected chi connectivity index (χ0v) is 16.6. The molecular weight excluding hydrogens is 398 g/mol. The van der Waals surface area contributed by atoms with Crippen LogP contribution >= 0.6 is 11.6 Å². The van der Waals surface area contributed by atoms with Crippen molar-refractivity contribution in [2.24, 2.45) is 0 Å². The molecule has 1 aromatic heterocycles. The minimum atomic E-state index is -3.89. The molecule has 144 valence electrons. The predicted octanol–water partition coefficient (Wildman–Crippen LogP) is 3.56. The molecule has 0 spiro atoms. The molecule has 0 saturated heterocycles. The minimum absolute atomic E-state index is 0.127. The Kier molecular flexibility index (Phi) is 4.84. The second-order valence-corrected chi connectivity index (χ2v) is 8.68. The van der Waals surface area contributed by atoms with Crippen LogP contribution in [0.15, 0.2) is 60.9 Å². The van der Waals surface area contributed by atoms with Crippen LogP contribution in [0.4, 0.5) is 5.69 Å². The summed E-state index contributed by atoms with van der Waals surface area (Å²) in [6.45, 7) is 2.08. The molecule has 0 amide bonds. The van der Waals surface area contributed by atoms with E-state index >= 15 is 0 Å². The highest BCUT2D eigenvalue weighted by molar-refractivity contribution is 7.90. The molecule has 6 nitrogen and oxygen atoms in total. The van der Waals surface area contributed by atoms with E-state index in [0.717, 1.165) is 22.3 Å². The summed E-state index contributed by atoms with van der Waals surface area (Å²) < 4.78 is 28.8. The van der Waals surface area contributed by atoms with E-state index in [-0.39, 0.29) is 6.54 Å². The highest BCUT2D eigenvalue weighted by Crippen LogP contribution is 2.38. The van der Waals surface area contributed by atoms with E-state index in [1.54, 1.807) is 36.7 Å². The van der Waals surface area contributed by atoms with E-state index in [2.05, 4.69) is 9.71 Å². The molecule has 8 heteroatoms. The van der Waals surface area contributed by atoms with Crippen molar-refractivity contribution >= 4 is 27.5 Å². The van der Waals surface area contributed by atoms with E-state index in [0.29, 0.717) is 16.3 Å². The summed E-state index contributed by atoms with van der Waals surface area (Å²) >= 11 is 6.37. The van der Waals surface area contributed by atoms with Crippen molar-refractivity contribution in [3.63, 3.8) is 0 Å². The number of aliphatic hydroxyl groups excluding tert-OH is 1. The summed E-state index contributed by atoms with van der Waals surface area (Å²) in [5.74, 6) is 0. The molecule has 1 aliphatic heterocycles. The first-order chi connectivity index (χ1) is 13.3. The van der Waals surface area contributed by atoms with Crippen LogP contribution in [0.3, 0.4) is 0 Å². The number of aromatic nitrogens is 1. The molecule has 2 N–H and O–H groups in total. The van der Waals surface area contributed by atoms with Crippen LogP contribution in [0, 0.1) is 6.92 Å². The van der Waals surface area contributed by atoms with Crippen LogP contribution in [-0.4, -0.2) is 18.5 Å². The topological polar surface area (TPSA) is 82.5 Å². The number of benzene rings is 2. The minimum Gasteiger partial charge on any atom is -0.373 e. The molecule has 2 aromatic carbocycles. The summed E-state index contributed by atoms with van der Waals surface area (Å²) in [7, 11) is -3.89. The molecule has 0 bridgehead atoms. The third-order valence-electron chi connectivity index (χ3n) is 4.65. The number of hydrogen-bond acceptors (Lipinski definition) is 4. The fourth-order valence-corrected chi connectivity index (χ4v) is 4.87. The quantitative estimate of drug-likeness (QED) is 0.685. The van der Waals surface area contributed by atoms with E-state index < -0.39 is 16.4 Å². The van der Waals surface area contributed by atoms with Gasteiger partial charge in [-0.3, -0.25) is 9.29 Å². The Morgan fingerprint density at radius 2 is 1.89 bits per heavy atom. The fourth-order valence-electron chi connectivity index (χ4n) is 3.24. The van der Waals surface area contributed by atoms with Crippen LogP contribution in [-0.2, 0) is 16.8 Å². The summed E-state index contributed by atoms with van der Waals surface area (Å²) in [6, 6.07) is 14.5. The Morgan fingerprint density at radius 3 is 2.61 bits per heavy atom. The van der Waals surface area contributed by atoms with Gasteiger partial charge in [-0.05, 0) is 53.9 Å². The highest BCUT2D eigenvalue weighted by atomic mass is 35.5. The molecule has 0 radical (unpaired) electrons. The van der Waals surface area contributed by atoms with Crippen LogP contribution in [0.2, 0.25) is 5.02 Å². The lowest BCUT2D eigenvalue weighted by atomic mass is 10.00. The number of aryl methyl sites for hydroxylation is 1. The monoisotopic (exact) mass is 415 g/mol. The molecule has 0 fully saturated rings. The molecule has 0 aliphatic carbocycles. The van der Waals surface area contributed by atoms with Gasteiger partial charge in [-0.25, -0.2) is 0 Å². The summed E-state index contributed by atoms with van der Waals surface area (Å²) in [5, 5.41) is 11.0. The van der Waals surface area contributed by atoms with E-state index in [4.69, 9.17) is 11.6 Å². The van der Waals surface area contributed by atoms with Gasteiger partial charge in [0.1, 0.15) is 6.23 Å². The number of rotatable bonds is 3. The van der Waals surface area contributed by atoms with Crippen LogP contribution < -0.4 is 9.03 Å². The van der Waals surface area contributed by atoms with E-state index in [1.165, 1.54) is 4.31 Å². The normalized spacial score (nSPS) is 18.0.